The van der Waals surface area contributed by atoms with Gasteiger partial charge in [0.05, 0.1) is 6.61 Å². The summed E-state index contributed by atoms with van der Waals surface area (Å²) in [6, 6.07) is 0. The molecule has 0 fully saturated rings. The van der Waals surface area contributed by atoms with Gasteiger partial charge in [-0.3, -0.25) is 0 Å². The number of hydrogen-bond acceptors (Lipinski definition) is 3. The zero-order valence-corrected chi connectivity index (χ0v) is 11.5. The minimum Gasteiger partial charge on any atom is -0.464 e. The van der Waals surface area contributed by atoms with Gasteiger partial charge in [-0.15, -0.1) is 0 Å². The fourth-order valence-electron chi connectivity index (χ4n) is 1.32. The fourth-order valence-corrected chi connectivity index (χ4v) is 1.32. The second kappa shape index (κ2) is 9.23. The second-order valence-electron chi connectivity index (χ2n) is 4.75. The first-order chi connectivity index (χ1) is 7.97. The molecule has 0 aliphatic rings. The topological polar surface area (TPSA) is 46.5 Å². The summed E-state index contributed by atoms with van der Waals surface area (Å²) in [7, 11) is 0. The summed E-state index contributed by atoms with van der Waals surface area (Å²) in [5, 5.41) is 8.92. The number of aliphatic hydroxyl groups is 1. The first-order valence-corrected chi connectivity index (χ1v) is 6.47. The van der Waals surface area contributed by atoms with Crippen LogP contribution in [-0.2, 0) is 9.53 Å². The molecule has 2 unspecified atom stereocenters. The van der Waals surface area contributed by atoms with Crippen molar-refractivity contribution in [1.82, 2.24) is 0 Å². The molecule has 0 saturated carbocycles. The summed E-state index contributed by atoms with van der Waals surface area (Å²) in [6.45, 7) is 8.36. The lowest BCUT2D eigenvalue weighted by Gasteiger charge is -2.08. The van der Waals surface area contributed by atoms with Gasteiger partial charge in [-0.05, 0) is 39.0 Å². The van der Waals surface area contributed by atoms with Crippen LogP contribution in [-0.4, -0.2) is 23.8 Å². The average Bonchev–Trinajstić information content (AvgIpc) is 2.30. The summed E-state index contributed by atoms with van der Waals surface area (Å²) in [5.74, 6) is 0.198. The smallest absolute Gasteiger partial charge is 0.334 e. The summed E-state index contributed by atoms with van der Waals surface area (Å²) >= 11 is 0. The Morgan fingerprint density at radius 1 is 1.41 bits per heavy atom. The van der Waals surface area contributed by atoms with Crippen molar-refractivity contribution in [2.75, 3.05) is 6.61 Å². The highest BCUT2D eigenvalue weighted by Gasteiger charge is 2.08. The normalized spacial score (nSPS) is 15.5. The number of hydrogen-bond donors (Lipinski definition) is 1. The zero-order chi connectivity index (χ0) is 13.3. The number of esters is 1. The molecule has 3 heteroatoms. The van der Waals surface area contributed by atoms with E-state index in [9.17, 15) is 4.79 Å². The lowest BCUT2D eigenvalue weighted by atomic mass is 10.0. The molecule has 0 aliphatic heterocycles. The van der Waals surface area contributed by atoms with Gasteiger partial charge in [-0.1, -0.05) is 31.9 Å². The SMILES string of the molecule is CCC(C)C/C=C(\C)CCCOC(=O)C(C)O. The molecule has 0 radical (unpaired) electrons. The van der Waals surface area contributed by atoms with Crippen molar-refractivity contribution in [1.29, 1.82) is 0 Å². The van der Waals surface area contributed by atoms with Crippen molar-refractivity contribution in [3.05, 3.63) is 11.6 Å². The van der Waals surface area contributed by atoms with E-state index in [1.165, 1.54) is 18.9 Å². The zero-order valence-electron chi connectivity index (χ0n) is 11.5. The maximum absolute atomic E-state index is 11.0. The van der Waals surface area contributed by atoms with E-state index < -0.39 is 12.1 Å². The van der Waals surface area contributed by atoms with E-state index in [0.717, 1.165) is 25.2 Å². The van der Waals surface area contributed by atoms with Gasteiger partial charge in [0.1, 0.15) is 6.10 Å². The quantitative estimate of drug-likeness (QED) is 0.404. The highest BCUT2D eigenvalue weighted by Crippen LogP contribution is 2.12. The average molecular weight is 242 g/mol. The molecule has 0 spiro atoms. The van der Waals surface area contributed by atoms with Gasteiger partial charge in [0.15, 0.2) is 0 Å². The molecule has 17 heavy (non-hydrogen) atoms. The molecular weight excluding hydrogens is 216 g/mol. The molecule has 0 aromatic heterocycles. The number of aliphatic hydroxyl groups excluding tert-OH is 1. The van der Waals surface area contributed by atoms with Crippen LogP contribution in [0.15, 0.2) is 11.6 Å². The predicted octanol–water partition coefficient (Wildman–Crippen LogP) is 3.07. The van der Waals surface area contributed by atoms with Crippen molar-refractivity contribution in [2.45, 2.75) is 59.5 Å². The van der Waals surface area contributed by atoms with E-state index in [1.54, 1.807) is 0 Å². The molecule has 0 heterocycles. The minimum atomic E-state index is -1.02. The summed E-state index contributed by atoms with van der Waals surface area (Å²) in [6.07, 6.45) is 5.35. The van der Waals surface area contributed by atoms with Crippen molar-refractivity contribution < 1.29 is 14.6 Å². The number of allylic oxidation sites excluding steroid dienone is 2. The molecule has 0 amide bonds. The number of carbonyl (C=O) groups is 1. The molecule has 0 aromatic carbocycles. The Morgan fingerprint density at radius 2 is 2.06 bits per heavy atom. The third-order valence-corrected chi connectivity index (χ3v) is 2.87. The van der Waals surface area contributed by atoms with Gasteiger partial charge in [0.25, 0.3) is 0 Å². The number of carbonyl (C=O) groups excluding carboxylic acids is 1. The van der Waals surface area contributed by atoms with Crippen LogP contribution in [0.3, 0.4) is 0 Å². The van der Waals surface area contributed by atoms with E-state index in [0.29, 0.717) is 6.61 Å². The largest absolute Gasteiger partial charge is 0.464 e. The second-order valence-corrected chi connectivity index (χ2v) is 4.75. The minimum absolute atomic E-state index is 0.387. The number of ether oxygens (including phenoxy) is 1. The summed E-state index contributed by atoms with van der Waals surface area (Å²) in [4.78, 5) is 11.0. The van der Waals surface area contributed by atoms with Crippen LogP contribution in [0.2, 0.25) is 0 Å². The van der Waals surface area contributed by atoms with Crippen LogP contribution in [0.1, 0.15) is 53.4 Å². The molecule has 0 rings (SSSR count). The van der Waals surface area contributed by atoms with E-state index >= 15 is 0 Å². The van der Waals surface area contributed by atoms with E-state index in [2.05, 4.69) is 26.8 Å². The Balaban J connectivity index is 3.64. The van der Waals surface area contributed by atoms with Crippen molar-refractivity contribution >= 4 is 5.97 Å². The first-order valence-electron chi connectivity index (χ1n) is 6.47. The Labute approximate surface area is 105 Å². The monoisotopic (exact) mass is 242 g/mol. The van der Waals surface area contributed by atoms with Gasteiger partial charge in [0, 0.05) is 0 Å². The van der Waals surface area contributed by atoms with Gasteiger partial charge in [-0.2, -0.15) is 0 Å². The summed E-state index contributed by atoms with van der Waals surface area (Å²) in [5.41, 5.74) is 1.35. The lowest BCUT2D eigenvalue weighted by molar-refractivity contribution is -0.152. The molecular formula is C14H26O3. The lowest BCUT2D eigenvalue weighted by Crippen LogP contribution is -2.19. The third-order valence-electron chi connectivity index (χ3n) is 2.87. The predicted molar refractivity (Wildman–Crippen MR) is 69.7 cm³/mol. The summed E-state index contributed by atoms with van der Waals surface area (Å²) < 4.78 is 4.88. The first kappa shape index (κ1) is 16.2. The Kier molecular flexibility index (Phi) is 8.78. The van der Waals surface area contributed by atoms with Crippen LogP contribution in [0.4, 0.5) is 0 Å². The molecule has 0 bridgehead atoms. The molecule has 1 N–H and O–H groups in total. The highest BCUT2D eigenvalue weighted by atomic mass is 16.5. The van der Waals surface area contributed by atoms with Gasteiger partial charge in [-0.25, -0.2) is 4.79 Å². The molecule has 0 saturated heterocycles. The maximum Gasteiger partial charge on any atom is 0.334 e. The van der Waals surface area contributed by atoms with Crippen LogP contribution < -0.4 is 0 Å². The molecule has 100 valence electrons. The van der Waals surface area contributed by atoms with E-state index in [-0.39, 0.29) is 0 Å². The standard InChI is InChI=1S/C14H26O3/c1-5-11(2)8-9-12(3)7-6-10-17-14(16)13(4)15/h9,11,13,15H,5-8,10H2,1-4H3/b12-9+. The highest BCUT2D eigenvalue weighted by molar-refractivity contribution is 5.73. The van der Waals surface area contributed by atoms with E-state index in [4.69, 9.17) is 9.84 Å². The van der Waals surface area contributed by atoms with Gasteiger partial charge in [0.2, 0.25) is 0 Å². The molecule has 3 nitrogen and oxygen atoms in total. The van der Waals surface area contributed by atoms with Crippen molar-refractivity contribution in [3.8, 4) is 0 Å². The maximum atomic E-state index is 11.0. The fraction of sp³-hybridized carbons (Fsp3) is 0.786. The Hall–Kier alpha value is -0.830. The van der Waals surface area contributed by atoms with Crippen LogP contribution in [0.5, 0.6) is 0 Å². The number of rotatable bonds is 8. The van der Waals surface area contributed by atoms with E-state index in [1.807, 2.05) is 0 Å². The van der Waals surface area contributed by atoms with Crippen molar-refractivity contribution in [3.63, 3.8) is 0 Å². The Morgan fingerprint density at radius 3 is 2.59 bits per heavy atom. The third kappa shape index (κ3) is 8.93. The molecule has 0 aromatic rings. The van der Waals surface area contributed by atoms with Gasteiger partial charge >= 0.3 is 5.97 Å². The van der Waals surface area contributed by atoms with Crippen LogP contribution in [0.25, 0.3) is 0 Å². The Bertz CT molecular complexity index is 244. The molecule has 2 atom stereocenters. The van der Waals surface area contributed by atoms with Crippen molar-refractivity contribution in [2.24, 2.45) is 5.92 Å². The molecule has 0 aliphatic carbocycles. The van der Waals surface area contributed by atoms with Crippen LogP contribution >= 0.6 is 0 Å². The van der Waals surface area contributed by atoms with Crippen LogP contribution in [0, 0.1) is 5.92 Å². The van der Waals surface area contributed by atoms with Gasteiger partial charge < -0.3 is 9.84 Å².